The van der Waals surface area contributed by atoms with Gasteiger partial charge in [0.05, 0.1) is 0 Å². The summed E-state index contributed by atoms with van der Waals surface area (Å²) in [7, 11) is 0. The lowest BCUT2D eigenvalue weighted by Crippen LogP contribution is -2.47. The Hall–Kier alpha value is -0.0400. The normalized spacial score (nSPS) is 22.2. The Balaban J connectivity index is 2.40. The highest BCUT2D eigenvalue weighted by molar-refractivity contribution is 4.83. The summed E-state index contributed by atoms with van der Waals surface area (Å²) in [6, 6.07) is 0. The average Bonchev–Trinajstić information content (AvgIpc) is 2.18. The monoisotopic (exact) mass is 183 g/mol. The molecular weight excluding hydrogens is 158 g/mol. The van der Waals surface area contributed by atoms with Crippen LogP contribution < -0.4 is 0 Å². The molecule has 0 bridgehead atoms. The Morgan fingerprint density at radius 3 is 2.08 bits per heavy atom. The first-order chi connectivity index (χ1) is 6.10. The molecular formula is C12H25N. The molecule has 0 saturated carbocycles. The molecule has 1 rings (SSSR count). The van der Waals surface area contributed by atoms with E-state index in [0.717, 1.165) is 5.92 Å². The van der Waals surface area contributed by atoms with Gasteiger partial charge in [-0.25, -0.2) is 0 Å². The second-order valence-corrected chi connectivity index (χ2v) is 5.00. The number of hydrogen-bond acceptors (Lipinski definition) is 1. The van der Waals surface area contributed by atoms with E-state index in [4.69, 9.17) is 0 Å². The van der Waals surface area contributed by atoms with Crippen molar-refractivity contribution in [2.24, 2.45) is 5.92 Å². The maximum absolute atomic E-state index is 2.67. The molecule has 0 aliphatic carbocycles. The molecule has 13 heavy (non-hydrogen) atoms. The van der Waals surface area contributed by atoms with Crippen molar-refractivity contribution in [2.75, 3.05) is 13.1 Å². The van der Waals surface area contributed by atoms with Crippen LogP contribution in [0.4, 0.5) is 0 Å². The van der Waals surface area contributed by atoms with Crippen LogP contribution >= 0.6 is 0 Å². The van der Waals surface area contributed by atoms with Gasteiger partial charge in [-0.1, -0.05) is 20.3 Å². The summed E-state index contributed by atoms with van der Waals surface area (Å²) in [5.41, 5.74) is 0.429. The van der Waals surface area contributed by atoms with Crippen LogP contribution in [-0.4, -0.2) is 23.5 Å². The lowest BCUT2D eigenvalue weighted by molar-refractivity contribution is 0.0711. The lowest BCUT2D eigenvalue weighted by atomic mass is 9.90. The first-order valence-electron chi connectivity index (χ1n) is 5.85. The summed E-state index contributed by atoms with van der Waals surface area (Å²) in [6.07, 6.45) is 5.48. The van der Waals surface area contributed by atoms with Gasteiger partial charge >= 0.3 is 0 Å². The quantitative estimate of drug-likeness (QED) is 0.649. The van der Waals surface area contributed by atoms with Gasteiger partial charge in [0.1, 0.15) is 0 Å². The minimum absolute atomic E-state index is 0.429. The van der Waals surface area contributed by atoms with Gasteiger partial charge in [-0.3, -0.25) is 4.90 Å². The molecule has 0 spiro atoms. The van der Waals surface area contributed by atoms with Crippen molar-refractivity contribution in [3.63, 3.8) is 0 Å². The summed E-state index contributed by atoms with van der Waals surface area (Å²) in [5, 5.41) is 0. The van der Waals surface area contributed by atoms with E-state index in [0.29, 0.717) is 5.54 Å². The molecule has 1 aliphatic rings. The van der Waals surface area contributed by atoms with Crippen molar-refractivity contribution >= 4 is 0 Å². The average molecular weight is 183 g/mol. The predicted molar refractivity (Wildman–Crippen MR) is 59.0 cm³/mol. The second kappa shape index (κ2) is 4.45. The smallest absolute Gasteiger partial charge is 0.0150 e. The molecule has 0 aromatic carbocycles. The van der Waals surface area contributed by atoms with Gasteiger partial charge in [0.25, 0.3) is 0 Å². The van der Waals surface area contributed by atoms with Crippen molar-refractivity contribution < 1.29 is 0 Å². The third kappa shape index (κ3) is 2.70. The first-order valence-corrected chi connectivity index (χ1v) is 5.85. The predicted octanol–water partition coefficient (Wildman–Crippen LogP) is 3.30. The Kier molecular flexibility index (Phi) is 3.78. The standard InChI is InChI=1S/C12H25N/c1-5-11-7-9-13(10-8-11)12(3,4)6-2/h11H,5-10H2,1-4H3. The summed E-state index contributed by atoms with van der Waals surface area (Å²) >= 11 is 0. The zero-order valence-corrected chi connectivity index (χ0v) is 9.77. The van der Waals surface area contributed by atoms with Gasteiger partial charge in [0.15, 0.2) is 0 Å². The molecule has 1 aliphatic heterocycles. The minimum Gasteiger partial charge on any atom is -0.298 e. The van der Waals surface area contributed by atoms with E-state index in [2.05, 4.69) is 32.6 Å². The molecule has 0 amide bonds. The Bertz CT molecular complexity index is 143. The zero-order chi connectivity index (χ0) is 9.90. The van der Waals surface area contributed by atoms with Crippen LogP contribution in [0.5, 0.6) is 0 Å². The highest BCUT2D eigenvalue weighted by atomic mass is 15.2. The lowest BCUT2D eigenvalue weighted by Gasteiger charge is -2.42. The van der Waals surface area contributed by atoms with Gasteiger partial charge in [0, 0.05) is 5.54 Å². The Labute approximate surface area is 83.5 Å². The number of nitrogens with zero attached hydrogens (tertiary/aromatic N) is 1. The Morgan fingerprint density at radius 2 is 1.69 bits per heavy atom. The number of likely N-dealkylation sites (tertiary alicyclic amines) is 1. The maximum atomic E-state index is 2.67. The van der Waals surface area contributed by atoms with Crippen LogP contribution in [0.25, 0.3) is 0 Å². The van der Waals surface area contributed by atoms with Gasteiger partial charge < -0.3 is 0 Å². The molecule has 0 unspecified atom stereocenters. The largest absolute Gasteiger partial charge is 0.298 e. The van der Waals surface area contributed by atoms with Crippen LogP contribution in [0.1, 0.15) is 53.4 Å². The van der Waals surface area contributed by atoms with E-state index >= 15 is 0 Å². The van der Waals surface area contributed by atoms with E-state index < -0.39 is 0 Å². The molecule has 0 aromatic rings. The molecule has 78 valence electrons. The molecule has 1 saturated heterocycles. The number of hydrogen-bond donors (Lipinski definition) is 0. The fourth-order valence-corrected chi connectivity index (χ4v) is 2.17. The third-order valence-electron chi connectivity index (χ3n) is 3.91. The van der Waals surface area contributed by atoms with Crippen LogP contribution in [0.3, 0.4) is 0 Å². The zero-order valence-electron chi connectivity index (χ0n) is 9.77. The topological polar surface area (TPSA) is 3.24 Å². The van der Waals surface area contributed by atoms with E-state index in [1.807, 2.05) is 0 Å². The molecule has 0 atom stereocenters. The summed E-state index contributed by atoms with van der Waals surface area (Å²) in [4.78, 5) is 2.67. The van der Waals surface area contributed by atoms with E-state index in [1.54, 1.807) is 0 Å². The van der Waals surface area contributed by atoms with Crippen LogP contribution in [0.15, 0.2) is 0 Å². The molecule has 1 heterocycles. The van der Waals surface area contributed by atoms with Gasteiger partial charge in [-0.2, -0.15) is 0 Å². The third-order valence-corrected chi connectivity index (χ3v) is 3.91. The number of piperidine rings is 1. The van der Waals surface area contributed by atoms with E-state index in [9.17, 15) is 0 Å². The maximum Gasteiger partial charge on any atom is 0.0150 e. The molecule has 1 heteroatoms. The molecule has 0 aromatic heterocycles. The van der Waals surface area contributed by atoms with Crippen molar-refractivity contribution in [3.8, 4) is 0 Å². The van der Waals surface area contributed by atoms with Gasteiger partial charge in [-0.05, 0) is 52.1 Å². The Morgan fingerprint density at radius 1 is 1.15 bits per heavy atom. The van der Waals surface area contributed by atoms with Crippen LogP contribution in [0.2, 0.25) is 0 Å². The number of rotatable bonds is 3. The fourth-order valence-electron chi connectivity index (χ4n) is 2.17. The molecule has 1 nitrogen and oxygen atoms in total. The van der Waals surface area contributed by atoms with Crippen LogP contribution in [-0.2, 0) is 0 Å². The van der Waals surface area contributed by atoms with Crippen LogP contribution in [0, 0.1) is 5.92 Å². The van der Waals surface area contributed by atoms with Crippen molar-refractivity contribution in [3.05, 3.63) is 0 Å². The van der Waals surface area contributed by atoms with Crippen molar-refractivity contribution in [1.29, 1.82) is 0 Å². The summed E-state index contributed by atoms with van der Waals surface area (Å²) in [6.45, 7) is 12.0. The second-order valence-electron chi connectivity index (χ2n) is 5.00. The molecule has 0 N–H and O–H groups in total. The van der Waals surface area contributed by atoms with Gasteiger partial charge in [0.2, 0.25) is 0 Å². The highest BCUT2D eigenvalue weighted by Gasteiger charge is 2.28. The fraction of sp³-hybridized carbons (Fsp3) is 1.00. The van der Waals surface area contributed by atoms with Gasteiger partial charge in [-0.15, -0.1) is 0 Å². The summed E-state index contributed by atoms with van der Waals surface area (Å²) < 4.78 is 0. The summed E-state index contributed by atoms with van der Waals surface area (Å²) in [5.74, 6) is 1.00. The SMILES string of the molecule is CCC1CCN(C(C)(C)CC)CC1. The molecule has 0 radical (unpaired) electrons. The van der Waals surface area contributed by atoms with E-state index in [1.165, 1.54) is 38.8 Å². The minimum atomic E-state index is 0.429. The van der Waals surface area contributed by atoms with Crippen molar-refractivity contribution in [1.82, 2.24) is 4.90 Å². The first kappa shape index (κ1) is 11.0. The van der Waals surface area contributed by atoms with Crippen molar-refractivity contribution in [2.45, 2.75) is 58.9 Å². The highest BCUT2D eigenvalue weighted by Crippen LogP contribution is 2.27. The molecule has 1 fully saturated rings. The van der Waals surface area contributed by atoms with E-state index in [-0.39, 0.29) is 0 Å².